The van der Waals surface area contributed by atoms with E-state index in [0.717, 1.165) is 4.90 Å². The van der Waals surface area contributed by atoms with Crippen LogP contribution in [0.25, 0.3) is 5.82 Å². The van der Waals surface area contributed by atoms with Gasteiger partial charge in [-0.05, 0) is 32.0 Å². The molecule has 0 unspecified atom stereocenters. The van der Waals surface area contributed by atoms with Crippen molar-refractivity contribution in [1.82, 2.24) is 30.0 Å². The minimum absolute atomic E-state index is 0.284. The van der Waals surface area contributed by atoms with E-state index in [4.69, 9.17) is 0 Å². The molecule has 10 heteroatoms. The number of aromatic nitrogens is 4. The molecule has 2 aromatic heterocycles. The fourth-order valence-electron chi connectivity index (χ4n) is 3.37. The van der Waals surface area contributed by atoms with Crippen molar-refractivity contribution in [3.63, 3.8) is 0 Å². The number of aryl methyl sites for hydroxylation is 1. The van der Waals surface area contributed by atoms with Crippen molar-refractivity contribution >= 4 is 23.5 Å². The monoisotopic (exact) mass is 419 g/mol. The van der Waals surface area contributed by atoms with E-state index in [1.165, 1.54) is 6.92 Å². The molecular formula is C21H21N7O3. The topological polar surface area (TPSA) is 122 Å². The average molecular weight is 419 g/mol. The van der Waals surface area contributed by atoms with Crippen molar-refractivity contribution in [3.05, 3.63) is 65.7 Å². The van der Waals surface area contributed by atoms with Gasteiger partial charge in [-0.15, -0.1) is 0 Å². The summed E-state index contributed by atoms with van der Waals surface area (Å²) in [6.07, 6.45) is 3.45. The van der Waals surface area contributed by atoms with Gasteiger partial charge in [-0.3, -0.25) is 19.3 Å². The lowest BCUT2D eigenvalue weighted by molar-refractivity contribution is -0.124. The molecule has 3 amide bonds. The van der Waals surface area contributed by atoms with Crippen LogP contribution in [-0.2, 0) is 4.79 Å². The van der Waals surface area contributed by atoms with Crippen LogP contribution in [0.3, 0.4) is 0 Å². The molecular weight excluding hydrogens is 398 g/mol. The van der Waals surface area contributed by atoms with Crippen molar-refractivity contribution in [2.24, 2.45) is 0 Å². The van der Waals surface area contributed by atoms with Crippen molar-refractivity contribution in [2.75, 3.05) is 18.4 Å². The van der Waals surface area contributed by atoms with Crippen molar-refractivity contribution < 1.29 is 14.4 Å². The second-order valence-corrected chi connectivity index (χ2v) is 7.03. The Morgan fingerprint density at radius 2 is 1.77 bits per heavy atom. The highest BCUT2D eigenvalue weighted by Crippen LogP contribution is 2.24. The minimum atomic E-state index is -0.917. The van der Waals surface area contributed by atoms with Gasteiger partial charge in [0.15, 0.2) is 5.82 Å². The summed E-state index contributed by atoms with van der Waals surface area (Å²) < 4.78 is 1.63. The number of nitrogens with zero attached hydrogens (tertiary/aromatic N) is 5. The van der Waals surface area contributed by atoms with Crippen LogP contribution in [0.1, 0.15) is 33.5 Å². The third-order valence-electron chi connectivity index (χ3n) is 4.89. The number of carbonyl (C=O) groups excluding carboxylic acids is 3. The van der Waals surface area contributed by atoms with Gasteiger partial charge in [-0.2, -0.15) is 5.10 Å². The molecule has 0 saturated heterocycles. The second kappa shape index (κ2) is 8.34. The zero-order chi connectivity index (χ0) is 22.0. The second-order valence-electron chi connectivity index (χ2n) is 7.03. The lowest BCUT2D eigenvalue weighted by atomic mass is 10.1. The summed E-state index contributed by atoms with van der Waals surface area (Å²) in [4.78, 5) is 47.2. The van der Waals surface area contributed by atoms with Gasteiger partial charge in [0.2, 0.25) is 5.91 Å². The fourth-order valence-corrected chi connectivity index (χ4v) is 3.37. The maximum Gasteiger partial charge on any atom is 0.262 e. The van der Waals surface area contributed by atoms with Crippen molar-refractivity contribution in [3.8, 4) is 5.82 Å². The summed E-state index contributed by atoms with van der Waals surface area (Å²) in [5.74, 6) is 0.489. The van der Waals surface area contributed by atoms with Gasteiger partial charge < -0.3 is 10.6 Å². The first-order chi connectivity index (χ1) is 15.0. The van der Waals surface area contributed by atoms with Crippen molar-refractivity contribution in [2.45, 2.75) is 19.9 Å². The molecule has 0 spiro atoms. The van der Waals surface area contributed by atoms with E-state index in [2.05, 4.69) is 25.7 Å². The van der Waals surface area contributed by atoms with Gasteiger partial charge in [0, 0.05) is 31.5 Å². The number of rotatable bonds is 7. The van der Waals surface area contributed by atoms with Gasteiger partial charge in [-0.25, -0.2) is 14.6 Å². The molecule has 4 rings (SSSR count). The highest BCUT2D eigenvalue weighted by molar-refractivity contribution is 6.22. The molecule has 10 nitrogen and oxygen atoms in total. The predicted octanol–water partition coefficient (Wildman–Crippen LogP) is 1.18. The lowest BCUT2D eigenvalue weighted by Gasteiger charge is -2.21. The van der Waals surface area contributed by atoms with Crippen LogP contribution in [0.4, 0.5) is 5.82 Å². The number of hydrogen-bond acceptors (Lipinski definition) is 7. The quantitative estimate of drug-likeness (QED) is 0.436. The number of hydrogen-bond donors (Lipinski definition) is 2. The molecule has 1 atom stereocenters. The molecule has 31 heavy (non-hydrogen) atoms. The Labute approximate surface area is 178 Å². The Hall–Kier alpha value is -4.08. The Bertz CT molecular complexity index is 1110. The Balaban J connectivity index is 1.32. The summed E-state index contributed by atoms with van der Waals surface area (Å²) in [7, 11) is 0. The molecule has 3 heterocycles. The van der Waals surface area contributed by atoms with Crippen LogP contribution < -0.4 is 10.6 Å². The number of fused-ring (bicyclic) bond motifs is 1. The van der Waals surface area contributed by atoms with E-state index in [0.29, 0.717) is 35.1 Å². The maximum absolute atomic E-state index is 12.5. The molecule has 3 aromatic rings. The average Bonchev–Trinajstić information content (AvgIpc) is 3.38. The molecule has 1 aliphatic heterocycles. The first kappa shape index (κ1) is 20.2. The number of nitrogens with one attached hydrogen (secondary N) is 2. The number of anilines is 1. The zero-order valence-corrected chi connectivity index (χ0v) is 17.1. The largest absolute Gasteiger partial charge is 0.368 e. The third kappa shape index (κ3) is 4.00. The van der Waals surface area contributed by atoms with Gasteiger partial charge >= 0.3 is 0 Å². The molecule has 158 valence electrons. The van der Waals surface area contributed by atoms with E-state index in [1.54, 1.807) is 60.4 Å². The first-order valence-electron chi connectivity index (χ1n) is 9.80. The van der Waals surface area contributed by atoms with Crippen LogP contribution in [0.2, 0.25) is 0 Å². The molecule has 0 bridgehead atoms. The van der Waals surface area contributed by atoms with Gasteiger partial charge in [0.1, 0.15) is 17.7 Å². The highest BCUT2D eigenvalue weighted by Gasteiger charge is 2.40. The Kier molecular flexibility index (Phi) is 5.44. The number of amides is 3. The maximum atomic E-state index is 12.5. The highest BCUT2D eigenvalue weighted by atomic mass is 16.2. The molecule has 0 aliphatic carbocycles. The fraction of sp³-hybridized carbons (Fsp3) is 0.238. The first-order valence-corrected chi connectivity index (χ1v) is 9.80. The Morgan fingerprint density at radius 3 is 2.42 bits per heavy atom. The van der Waals surface area contributed by atoms with Crippen LogP contribution >= 0.6 is 0 Å². The van der Waals surface area contributed by atoms with Crippen LogP contribution in [0, 0.1) is 6.92 Å². The van der Waals surface area contributed by atoms with Crippen molar-refractivity contribution in [1.29, 1.82) is 0 Å². The van der Waals surface area contributed by atoms with E-state index in [1.807, 2.05) is 0 Å². The lowest BCUT2D eigenvalue weighted by Crippen LogP contribution is -2.48. The molecule has 0 fully saturated rings. The summed E-state index contributed by atoms with van der Waals surface area (Å²) in [5.41, 5.74) is 0.641. The Morgan fingerprint density at radius 1 is 1.06 bits per heavy atom. The zero-order valence-electron chi connectivity index (χ0n) is 17.1. The smallest absolute Gasteiger partial charge is 0.262 e. The van der Waals surface area contributed by atoms with E-state index < -0.39 is 23.8 Å². The normalized spacial score (nSPS) is 13.8. The molecule has 0 radical (unpaired) electrons. The van der Waals surface area contributed by atoms with Gasteiger partial charge in [0.05, 0.1) is 11.1 Å². The van der Waals surface area contributed by atoms with Crippen LogP contribution in [-0.4, -0.2) is 61.5 Å². The summed E-state index contributed by atoms with van der Waals surface area (Å²) >= 11 is 0. The predicted molar refractivity (Wildman–Crippen MR) is 112 cm³/mol. The van der Waals surface area contributed by atoms with Gasteiger partial charge in [0.25, 0.3) is 11.8 Å². The molecule has 0 saturated carbocycles. The summed E-state index contributed by atoms with van der Waals surface area (Å²) in [6.45, 7) is 4.00. The number of carbonyl (C=O) groups is 3. The standard InChI is InChI=1S/C21H21N7O3/c1-13(28-20(30)15-6-3-4-7-16(15)21(28)31)19(29)23-10-9-22-17-12-18(26-14(2)25-17)27-11-5-8-24-27/h3-8,11-13H,9-10H2,1-2H3,(H,23,29)(H,22,25,26)/t13-/m0/s1. The summed E-state index contributed by atoms with van der Waals surface area (Å²) in [5, 5.41) is 10.0. The van der Waals surface area contributed by atoms with Crippen LogP contribution in [0.15, 0.2) is 48.8 Å². The van der Waals surface area contributed by atoms with Crippen LogP contribution in [0.5, 0.6) is 0 Å². The molecule has 1 aliphatic rings. The number of imide groups is 1. The minimum Gasteiger partial charge on any atom is -0.368 e. The summed E-state index contributed by atoms with van der Waals surface area (Å²) in [6, 6.07) is 9.20. The van der Waals surface area contributed by atoms with E-state index in [9.17, 15) is 14.4 Å². The molecule has 2 N–H and O–H groups in total. The number of benzene rings is 1. The van der Waals surface area contributed by atoms with E-state index in [-0.39, 0.29) is 6.54 Å². The molecule has 1 aromatic carbocycles. The third-order valence-corrected chi connectivity index (χ3v) is 4.89. The van der Waals surface area contributed by atoms with Gasteiger partial charge in [-0.1, -0.05) is 12.1 Å². The SMILES string of the molecule is Cc1nc(NCCNC(=O)[C@H](C)N2C(=O)c3ccccc3C2=O)cc(-n2cccn2)n1. The van der Waals surface area contributed by atoms with E-state index >= 15 is 0 Å².